The second-order valence-corrected chi connectivity index (χ2v) is 7.32. The van der Waals surface area contributed by atoms with Gasteiger partial charge in [0, 0.05) is 5.39 Å². The largest absolute Gasteiger partial charge is 0.462 e. The van der Waals surface area contributed by atoms with Crippen molar-refractivity contribution in [2.45, 2.75) is 20.8 Å². The highest BCUT2D eigenvalue weighted by atomic mass is 16.5. The van der Waals surface area contributed by atoms with E-state index in [-0.39, 0.29) is 23.6 Å². The molecule has 0 atom stereocenters. The van der Waals surface area contributed by atoms with Gasteiger partial charge in [-0.2, -0.15) is 5.10 Å². The number of rotatable bonds is 5. The van der Waals surface area contributed by atoms with Crippen molar-refractivity contribution in [3.8, 4) is 5.69 Å². The molecule has 2 heterocycles. The van der Waals surface area contributed by atoms with Gasteiger partial charge in [0.05, 0.1) is 18.5 Å². The molecule has 0 aliphatic heterocycles. The van der Waals surface area contributed by atoms with Crippen LogP contribution in [0.3, 0.4) is 0 Å². The summed E-state index contributed by atoms with van der Waals surface area (Å²) in [6.07, 6.45) is 1.32. The minimum Gasteiger partial charge on any atom is -0.462 e. The lowest BCUT2D eigenvalue weighted by Crippen LogP contribution is -2.23. The third-order valence-corrected chi connectivity index (χ3v) is 4.91. The molecule has 8 heteroatoms. The zero-order chi connectivity index (χ0) is 22.8. The Labute approximate surface area is 183 Å². The van der Waals surface area contributed by atoms with Crippen molar-refractivity contribution >= 4 is 28.7 Å². The summed E-state index contributed by atoms with van der Waals surface area (Å²) in [5.41, 5.74) is 2.12. The van der Waals surface area contributed by atoms with Gasteiger partial charge < -0.3 is 14.5 Å². The number of esters is 1. The van der Waals surface area contributed by atoms with Crippen molar-refractivity contribution in [1.29, 1.82) is 0 Å². The van der Waals surface area contributed by atoms with Crippen LogP contribution in [-0.4, -0.2) is 28.3 Å². The SMILES string of the molecule is CCOC(=O)c1cnn(-c2ccc(C)cc2)c1NC(=O)c1cc2cc(C)ccc2oc1=O. The first kappa shape index (κ1) is 21.0. The lowest BCUT2D eigenvalue weighted by atomic mass is 10.1. The lowest BCUT2D eigenvalue weighted by Gasteiger charge is -2.11. The number of benzene rings is 2. The third kappa shape index (κ3) is 4.02. The Balaban J connectivity index is 1.78. The Hall–Kier alpha value is -4.20. The first-order chi connectivity index (χ1) is 15.4. The molecule has 1 N–H and O–H groups in total. The van der Waals surface area contributed by atoms with Gasteiger partial charge in [-0.05, 0) is 51.1 Å². The molecular formula is C24H21N3O5. The van der Waals surface area contributed by atoms with Crippen LogP contribution in [0, 0.1) is 13.8 Å². The van der Waals surface area contributed by atoms with Gasteiger partial charge in [0.1, 0.15) is 16.7 Å². The molecule has 1 amide bonds. The topological polar surface area (TPSA) is 103 Å². The summed E-state index contributed by atoms with van der Waals surface area (Å²) in [5, 5.41) is 7.52. The van der Waals surface area contributed by atoms with Gasteiger partial charge in [0.15, 0.2) is 5.82 Å². The summed E-state index contributed by atoms with van der Waals surface area (Å²) in [6.45, 7) is 5.69. The van der Waals surface area contributed by atoms with Crippen molar-refractivity contribution in [2.24, 2.45) is 0 Å². The Morgan fingerprint density at radius 3 is 2.47 bits per heavy atom. The molecule has 0 bridgehead atoms. The molecule has 2 aromatic carbocycles. The molecule has 0 saturated heterocycles. The van der Waals surface area contributed by atoms with Crippen molar-refractivity contribution in [2.75, 3.05) is 11.9 Å². The molecule has 0 aliphatic rings. The zero-order valence-electron chi connectivity index (χ0n) is 17.8. The van der Waals surface area contributed by atoms with Crippen LogP contribution in [0.5, 0.6) is 0 Å². The maximum atomic E-state index is 13.1. The number of hydrogen-bond acceptors (Lipinski definition) is 6. The van der Waals surface area contributed by atoms with Gasteiger partial charge in [-0.15, -0.1) is 0 Å². The van der Waals surface area contributed by atoms with Crippen LogP contribution >= 0.6 is 0 Å². The van der Waals surface area contributed by atoms with Gasteiger partial charge in [0.25, 0.3) is 5.91 Å². The number of nitrogens with zero attached hydrogens (tertiary/aromatic N) is 2. The fraction of sp³-hybridized carbons (Fsp3) is 0.167. The smallest absolute Gasteiger partial charge is 0.349 e. The monoisotopic (exact) mass is 431 g/mol. The minimum absolute atomic E-state index is 0.0711. The average Bonchev–Trinajstić information content (AvgIpc) is 3.17. The van der Waals surface area contributed by atoms with Crippen LogP contribution < -0.4 is 10.9 Å². The van der Waals surface area contributed by atoms with Crippen LogP contribution in [-0.2, 0) is 4.74 Å². The number of anilines is 1. The molecule has 4 aromatic rings. The van der Waals surface area contributed by atoms with Crippen LogP contribution in [0.25, 0.3) is 16.7 Å². The Kier molecular flexibility index (Phi) is 5.59. The van der Waals surface area contributed by atoms with E-state index in [9.17, 15) is 14.4 Å². The van der Waals surface area contributed by atoms with E-state index in [2.05, 4.69) is 10.4 Å². The zero-order valence-corrected chi connectivity index (χ0v) is 17.8. The first-order valence-electron chi connectivity index (χ1n) is 10.1. The van der Waals surface area contributed by atoms with Gasteiger partial charge in [-0.1, -0.05) is 29.3 Å². The fourth-order valence-corrected chi connectivity index (χ4v) is 3.28. The molecule has 0 saturated carbocycles. The molecule has 0 aliphatic carbocycles. The van der Waals surface area contributed by atoms with Crippen LogP contribution in [0.15, 0.2) is 63.9 Å². The van der Waals surface area contributed by atoms with Crippen molar-refractivity contribution in [3.05, 3.63) is 87.4 Å². The highest BCUT2D eigenvalue weighted by Gasteiger charge is 2.23. The summed E-state index contributed by atoms with van der Waals surface area (Å²) in [6, 6.07) is 14.2. The normalized spacial score (nSPS) is 10.8. The van der Waals surface area contributed by atoms with E-state index in [1.165, 1.54) is 16.9 Å². The molecule has 2 aromatic heterocycles. The van der Waals surface area contributed by atoms with Crippen LogP contribution in [0.1, 0.15) is 38.8 Å². The number of fused-ring (bicyclic) bond motifs is 1. The fourth-order valence-electron chi connectivity index (χ4n) is 3.28. The van der Waals surface area contributed by atoms with Gasteiger partial charge in [-0.3, -0.25) is 4.79 Å². The van der Waals surface area contributed by atoms with E-state index in [4.69, 9.17) is 9.15 Å². The number of carbonyl (C=O) groups excluding carboxylic acids is 2. The predicted octanol–water partition coefficient (Wildman–Crippen LogP) is 4.02. The first-order valence-corrected chi connectivity index (χ1v) is 10.1. The number of aryl methyl sites for hydroxylation is 2. The Bertz CT molecular complexity index is 1380. The molecular weight excluding hydrogens is 410 g/mol. The highest BCUT2D eigenvalue weighted by Crippen LogP contribution is 2.23. The van der Waals surface area contributed by atoms with E-state index in [0.717, 1.165) is 11.1 Å². The standard InChI is InChI=1S/C24H21N3O5/c1-4-31-23(29)19-13-25-27(17-8-5-14(2)6-9-17)21(19)26-22(28)18-12-16-11-15(3)7-10-20(16)32-24(18)30/h5-13H,4H2,1-3H3,(H,26,28). The van der Waals surface area contributed by atoms with E-state index < -0.39 is 17.5 Å². The molecule has 0 radical (unpaired) electrons. The number of carbonyl (C=O) groups is 2. The predicted molar refractivity (Wildman–Crippen MR) is 119 cm³/mol. The van der Waals surface area contributed by atoms with E-state index in [0.29, 0.717) is 16.7 Å². The number of amides is 1. The summed E-state index contributed by atoms with van der Waals surface area (Å²) < 4.78 is 11.8. The van der Waals surface area contributed by atoms with Gasteiger partial charge in [0.2, 0.25) is 0 Å². The van der Waals surface area contributed by atoms with Gasteiger partial charge in [-0.25, -0.2) is 14.3 Å². The second kappa shape index (κ2) is 8.50. The van der Waals surface area contributed by atoms with E-state index >= 15 is 0 Å². The van der Waals surface area contributed by atoms with Crippen molar-refractivity contribution in [3.63, 3.8) is 0 Å². The maximum Gasteiger partial charge on any atom is 0.349 e. The highest BCUT2D eigenvalue weighted by molar-refractivity contribution is 6.08. The van der Waals surface area contributed by atoms with E-state index in [1.54, 1.807) is 25.1 Å². The lowest BCUT2D eigenvalue weighted by molar-refractivity contribution is 0.0527. The Morgan fingerprint density at radius 1 is 1.03 bits per heavy atom. The number of nitrogens with one attached hydrogen (secondary N) is 1. The molecule has 32 heavy (non-hydrogen) atoms. The third-order valence-electron chi connectivity index (χ3n) is 4.91. The summed E-state index contributed by atoms with van der Waals surface area (Å²) in [5.74, 6) is -1.26. The summed E-state index contributed by atoms with van der Waals surface area (Å²) in [4.78, 5) is 38.0. The molecule has 4 rings (SSSR count). The summed E-state index contributed by atoms with van der Waals surface area (Å²) in [7, 11) is 0. The Morgan fingerprint density at radius 2 is 1.75 bits per heavy atom. The van der Waals surface area contributed by atoms with Gasteiger partial charge >= 0.3 is 11.6 Å². The van der Waals surface area contributed by atoms with Crippen LogP contribution in [0.4, 0.5) is 5.82 Å². The molecule has 162 valence electrons. The van der Waals surface area contributed by atoms with Crippen molar-refractivity contribution in [1.82, 2.24) is 9.78 Å². The molecule has 0 spiro atoms. The number of ether oxygens (including phenoxy) is 1. The number of aromatic nitrogens is 2. The van der Waals surface area contributed by atoms with Crippen molar-refractivity contribution < 1.29 is 18.7 Å². The molecule has 8 nitrogen and oxygen atoms in total. The minimum atomic E-state index is -0.780. The second-order valence-electron chi connectivity index (χ2n) is 7.32. The summed E-state index contributed by atoms with van der Waals surface area (Å²) >= 11 is 0. The maximum absolute atomic E-state index is 13.1. The quantitative estimate of drug-likeness (QED) is 0.378. The van der Waals surface area contributed by atoms with E-state index in [1.807, 2.05) is 38.1 Å². The number of hydrogen-bond donors (Lipinski definition) is 1. The molecule has 0 fully saturated rings. The van der Waals surface area contributed by atoms with Crippen LogP contribution in [0.2, 0.25) is 0 Å². The average molecular weight is 431 g/mol. The molecule has 0 unspecified atom stereocenters.